The van der Waals surface area contributed by atoms with E-state index in [4.69, 9.17) is 14.7 Å². The summed E-state index contributed by atoms with van der Waals surface area (Å²) in [5, 5.41) is 11.7. The Labute approximate surface area is 123 Å². The average molecular weight is 290 g/mol. The third-order valence-electron chi connectivity index (χ3n) is 2.81. The highest BCUT2D eigenvalue weighted by molar-refractivity contribution is 6.12. The Balaban J connectivity index is 2.86. The highest BCUT2D eigenvalue weighted by Gasteiger charge is 2.28. The van der Waals surface area contributed by atoms with Gasteiger partial charge in [0.15, 0.2) is 11.7 Å². The van der Waals surface area contributed by atoms with Gasteiger partial charge in [-0.15, -0.1) is 0 Å². The van der Waals surface area contributed by atoms with Gasteiger partial charge in [-0.05, 0) is 19.1 Å². The van der Waals surface area contributed by atoms with Gasteiger partial charge < -0.3 is 14.8 Å². The minimum Gasteiger partial charge on any atom is -0.497 e. The monoisotopic (exact) mass is 290 g/mol. The third kappa shape index (κ3) is 4.58. The van der Waals surface area contributed by atoms with Gasteiger partial charge in [0.05, 0.1) is 19.8 Å². The number of nitrogens with one attached hydrogen (secondary N) is 1. The quantitative estimate of drug-likeness (QED) is 0.601. The molecule has 0 aliphatic heterocycles. The van der Waals surface area contributed by atoms with Crippen LogP contribution in [0.25, 0.3) is 0 Å². The zero-order valence-electron chi connectivity index (χ0n) is 12.3. The van der Waals surface area contributed by atoms with E-state index in [2.05, 4.69) is 5.32 Å². The minimum atomic E-state index is -1.39. The van der Waals surface area contributed by atoms with Crippen molar-refractivity contribution in [2.75, 3.05) is 20.8 Å². The molecule has 112 valence electrons. The van der Waals surface area contributed by atoms with Crippen molar-refractivity contribution < 1.29 is 19.1 Å². The van der Waals surface area contributed by atoms with Crippen molar-refractivity contribution in [3.8, 4) is 11.8 Å². The number of ether oxygens (including phenoxy) is 2. The molecule has 0 aliphatic rings. The molecule has 2 atom stereocenters. The molecule has 0 saturated carbocycles. The van der Waals surface area contributed by atoms with E-state index in [0.717, 1.165) is 0 Å². The Morgan fingerprint density at radius 2 is 2.10 bits per heavy atom. The van der Waals surface area contributed by atoms with E-state index in [1.54, 1.807) is 31.2 Å². The smallest absolute Gasteiger partial charge is 0.245 e. The largest absolute Gasteiger partial charge is 0.497 e. The summed E-state index contributed by atoms with van der Waals surface area (Å²) in [6.07, 6.45) is 0. The summed E-state index contributed by atoms with van der Waals surface area (Å²) in [5.41, 5.74) is 0.260. The lowest BCUT2D eigenvalue weighted by Crippen LogP contribution is -2.41. The maximum Gasteiger partial charge on any atom is 0.245 e. The van der Waals surface area contributed by atoms with Gasteiger partial charge in [-0.2, -0.15) is 5.26 Å². The minimum absolute atomic E-state index is 0.260. The highest BCUT2D eigenvalue weighted by Crippen LogP contribution is 2.16. The van der Waals surface area contributed by atoms with E-state index in [0.29, 0.717) is 12.4 Å². The molecule has 1 aromatic rings. The maximum absolute atomic E-state index is 12.3. The number of nitrogens with zero attached hydrogens (tertiary/aromatic N) is 1. The van der Waals surface area contributed by atoms with E-state index < -0.39 is 17.6 Å². The number of carbonyl (C=O) groups excluding carboxylic acids is 2. The van der Waals surface area contributed by atoms with Gasteiger partial charge >= 0.3 is 0 Å². The van der Waals surface area contributed by atoms with Crippen LogP contribution in [0.3, 0.4) is 0 Å². The SMILES string of the molecule is COC[C@@H](C)NC(=O)[C@@H](C#N)C(=O)c1cccc(OC)c1. The second-order valence-corrected chi connectivity index (χ2v) is 4.52. The molecule has 6 heteroatoms. The van der Waals surface area contributed by atoms with Gasteiger partial charge in [0, 0.05) is 18.7 Å². The van der Waals surface area contributed by atoms with Crippen molar-refractivity contribution in [2.24, 2.45) is 5.92 Å². The molecule has 1 N–H and O–H groups in total. The molecular weight excluding hydrogens is 272 g/mol. The fourth-order valence-corrected chi connectivity index (χ4v) is 1.80. The van der Waals surface area contributed by atoms with Crippen LogP contribution in [0.1, 0.15) is 17.3 Å². The van der Waals surface area contributed by atoms with Gasteiger partial charge in [-0.3, -0.25) is 9.59 Å². The Kier molecular flexibility index (Phi) is 6.37. The fourth-order valence-electron chi connectivity index (χ4n) is 1.80. The van der Waals surface area contributed by atoms with Crippen LogP contribution >= 0.6 is 0 Å². The molecule has 0 heterocycles. The second-order valence-electron chi connectivity index (χ2n) is 4.52. The first-order valence-corrected chi connectivity index (χ1v) is 6.40. The first kappa shape index (κ1) is 16.7. The van der Waals surface area contributed by atoms with Crippen molar-refractivity contribution in [1.82, 2.24) is 5.32 Å². The first-order chi connectivity index (χ1) is 10.0. The van der Waals surface area contributed by atoms with Crippen molar-refractivity contribution in [1.29, 1.82) is 5.26 Å². The molecule has 1 amide bonds. The number of hydrogen-bond donors (Lipinski definition) is 1. The van der Waals surface area contributed by atoms with E-state index in [1.807, 2.05) is 0 Å². The summed E-state index contributed by atoms with van der Waals surface area (Å²) in [6.45, 7) is 2.03. The average Bonchev–Trinajstić information content (AvgIpc) is 2.48. The molecule has 1 aromatic carbocycles. The van der Waals surface area contributed by atoms with Gasteiger partial charge in [0.2, 0.25) is 5.91 Å². The van der Waals surface area contributed by atoms with Crippen LogP contribution < -0.4 is 10.1 Å². The topological polar surface area (TPSA) is 88.4 Å². The molecule has 0 aliphatic carbocycles. The van der Waals surface area contributed by atoms with Crippen LogP contribution in [-0.2, 0) is 9.53 Å². The summed E-state index contributed by atoms with van der Waals surface area (Å²) in [7, 11) is 2.98. The Hall–Kier alpha value is -2.39. The number of rotatable bonds is 7. The third-order valence-corrected chi connectivity index (χ3v) is 2.81. The van der Waals surface area contributed by atoms with E-state index in [9.17, 15) is 9.59 Å². The molecule has 0 unspecified atom stereocenters. The summed E-state index contributed by atoms with van der Waals surface area (Å²) >= 11 is 0. The van der Waals surface area contributed by atoms with Gasteiger partial charge in [-0.25, -0.2) is 0 Å². The standard InChI is InChI=1S/C15H18N2O4/c1-10(9-20-2)17-15(19)13(8-16)14(18)11-5-4-6-12(7-11)21-3/h4-7,10,13H,9H2,1-3H3,(H,17,19)/t10-,13+/m1/s1. The van der Waals surface area contributed by atoms with E-state index in [-0.39, 0.29) is 11.6 Å². The molecule has 0 radical (unpaired) electrons. The summed E-state index contributed by atoms with van der Waals surface area (Å²) < 4.78 is 9.92. The number of methoxy groups -OCH3 is 2. The molecule has 0 aromatic heterocycles. The predicted octanol–water partition coefficient (Wildman–Crippen LogP) is 1.17. The normalized spacial score (nSPS) is 12.9. The lowest BCUT2D eigenvalue weighted by molar-refractivity contribution is -0.123. The molecule has 21 heavy (non-hydrogen) atoms. The van der Waals surface area contributed by atoms with Crippen molar-refractivity contribution in [3.63, 3.8) is 0 Å². The van der Waals surface area contributed by atoms with E-state index in [1.165, 1.54) is 20.3 Å². The Morgan fingerprint density at radius 3 is 2.67 bits per heavy atom. The molecular formula is C15H18N2O4. The van der Waals surface area contributed by atoms with Gasteiger partial charge in [0.1, 0.15) is 5.75 Å². The molecule has 6 nitrogen and oxygen atoms in total. The number of nitriles is 1. The van der Waals surface area contributed by atoms with Crippen molar-refractivity contribution in [2.45, 2.75) is 13.0 Å². The fraction of sp³-hybridized carbons (Fsp3) is 0.400. The van der Waals surface area contributed by atoms with Crippen molar-refractivity contribution >= 4 is 11.7 Å². The molecule has 0 saturated heterocycles. The van der Waals surface area contributed by atoms with Crippen LogP contribution in [-0.4, -0.2) is 38.6 Å². The van der Waals surface area contributed by atoms with E-state index >= 15 is 0 Å². The molecule has 0 fully saturated rings. The van der Waals surface area contributed by atoms with Crippen LogP contribution in [0.15, 0.2) is 24.3 Å². The highest BCUT2D eigenvalue weighted by atomic mass is 16.5. The Bertz CT molecular complexity index is 551. The zero-order chi connectivity index (χ0) is 15.8. The Morgan fingerprint density at radius 1 is 1.38 bits per heavy atom. The van der Waals surface area contributed by atoms with Crippen molar-refractivity contribution in [3.05, 3.63) is 29.8 Å². The van der Waals surface area contributed by atoms with Crippen LogP contribution in [0, 0.1) is 17.2 Å². The van der Waals surface area contributed by atoms with Gasteiger partial charge in [0.25, 0.3) is 0 Å². The molecule has 0 bridgehead atoms. The maximum atomic E-state index is 12.3. The molecule has 0 spiro atoms. The van der Waals surface area contributed by atoms with Crippen LogP contribution in [0.2, 0.25) is 0 Å². The first-order valence-electron chi connectivity index (χ1n) is 6.40. The van der Waals surface area contributed by atoms with Crippen LogP contribution in [0.4, 0.5) is 0 Å². The summed E-state index contributed by atoms with van der Waals surface area (Å²) in [4.78, 5) is 24.2. The lowest BCUT2D eigenvalue weighted by Gasteiger charge is -2.15. The number of amides is 1. The predicted molar refractivity (Wildman–Crippen MR) is 75.9 cm³/mol. The number of Topliss-reactive ketones (excluding diaryl/α,β-unsaturated/α-hetero) is 1. The van der Waals surface area contributed by atoms with Crippen LogP contribution in [0.5, 0.6) is 5.75 Å². The number of ketones is 1. The second kappa shape index (κ2) is 8.02. The lowest BCUT2D eigenvalue weighted by atomic mass is 9.97. The number of benzene rings is 1. The zero-order valence-corrected chi connectivity index (χ0v) is 12.3. The number of carbonyl (C=O) groups is 2. The summed E-state index contributed by atoms with van der Waals surface area (Å²) in [6, 6.07) is 7.81. The summed E-state index contributed by atoms with van der Waals surface area (Å²) in [5.74, 6) is -2.09. The number of hydrogen-bond acceptors (Lipinski definition) is 5. The molecule has 1 rings (SSSR count). The van der Waals surface area contributed by atoms with Gasteiger partial charge in [-0.1, -0.05) is 12.1 Å².